The summed E-state index contributed by atoms with van der Waals surface area (Å²) in [5.41, 5.74) is 0. The smallest absolute Gasteiger partial charge is 0.418 e. The van der Waals surface area contributed by atoms with Crippen LogP contribution in [0.3, 0.4) is 0 Å². The van der Waals surface area contributed by atoms with E-state index in [-0.39, 0.29) is 0 Å². The minimum atomic E-state index is -6.00. The van der Waals surface area contributed by atoms with E-state index < -0.39 is 14.5 Å². The van der Waals surface area contributed by atoms with E-state index in [1.807, 2.05) is 0 Å². The number of halogens is 4. The summed E-state index contributed by atoms with van der Waals surface area (Å²) >= 11 is 0. The van der Waals surface area contributed by atoms with Crippen LogP contribution in [0.25, 0.3) is 0 Å². The molecule has 0 aromatic heterocycles. The van der Waals surface area contributed by atoms with Crippen molar-refractivity contribution in [1.29, 1.82) is 0 Å². The molecule has 6 heteroatoms. The third-order valence-electron chi connectivity index (χ3n) is 6.58. The zero-order chi connectivity index (χ0) is 25.3. The van der Waals surface area contributed by atoms with Crippen molar-refractivity contribution < 1.29 is 17.3 Å². The highest BCUT2D eigenvalue weighted by Crippen LogP contribution is 2.60. The Morgan fingerprint density at radius 1 is 0.364 bits per heavy atom. The largest absolute Gasteiger partial charge is 0.673 e. The van der Waals surface area contributed by atoms with Crippen molar-refractivity contribution in [3.8, 4) is 0 Å². The van der Waals surface area contributed by atoms with Crippen LogP contribution in [0.15, 0.2) is 0 Å². The molecular weight excluding hydrogens is 442 g/mol. The average Bonchev–Trinajstić information content (AvgIpc) is 2.73. The summed E-state index contributed by atoms with van der Waals surface area (Å²) in [6.07, 6.45) is 34.4. The maximum Gasteiger partial charge on any atom is 0.673 e. The van der Waals surface area contributed by atoms with Gasteiger partial charge < -0.3 is 17.3 Å². The molecule has 0 saturated heterocycles. The zero-order valence-corrected chi connectivity index (χ0v) is 23.7. The van der Waals surface area contributed by atoms with Crippen LogP contribution < -0.4 is 0 Å². The second kappa shape index (κ2) is 25.3. The van der Waals surface area contributed by atoms with Crippen LogP contribution in [0.2, 0.25) is 0 Å². The Hall–Kier alpha value is 0.215. The summed E-state index contributed by atoms with van der Waals surface area (Å²) in [5.74, 6) is 0. The number of unbranched alkanes of at least 4 members (excludes halogenated alkanes) is 15. The zero-order valence-electron chi connectivity index (χ0n) is 22.8. The molecule has 0 saturated carbocycles. The Bertz CT molecular complexity index is 355. The fourth-order valence-electron chi connectivity index (χ4n) is 5.09. The van der Waals surface area contributed by atoms with Gasteiger partial charge in [-0.3, -0.25) is 0 Å². The van der Waals surface area contributed by atoms with Crippen LogP contribution >= 0.6 is 7.26 Å². The SMILES string of the molecule is CCCCCCCCCCCCCCCCCC[P+](CCC)(CCC)CCC.F[B-](F)(F)F. The lowest BCUT2D eigenvalue weighted by atomic mass is 10.0. The lowest BCUT2D eigenvalue weighted by Gasteiger charge is -2.27. The Morgan fingerprint density at radius 2 is 0.606 bits per heavy atom. The van der Waals surface area contributed by atoms with Gasteiger partial charge in [0.2, 0.25) is 0 Å². The Balaban J connectivity index is 0. The van der Waals surface area contributed by atoms with E-state index >= 15 is 0 Å². The lowest BCUT2D eigenvalue weighted by Crippen LogP contribution is -2.11. The summed E-state index contributed by atoms with van der Waals surface area (Å²) in [6.45, 7) is 9.54. The molecule has 0 aliphatic carbocycles. The molecule has 202 valence electrons. The van der Waals surface area contributed by atoms with Crippen molar-refractivity contribution >= 4 is 14.5 Å². The third kappa shape index (κ3) is 30.2. The molecule has 0 aliphatic rings. The first-order valence-corrected chi connectivity index (χ1v) is 17.0. The lowest BCUT2D eigenvalue weighted by molar-refractivity contribution is 0.368. The maximum atomic E-state index is 9.75. The van der Waals surface area contributed by atoms with Crippen molar-refractivity contribution in [3.05, 3.63) is 0 Å². The van der Waals surface area contributed by atoms with E-state index in [4.69, 9.17) is 0 Å². The molecule has 0 N–H and O–H groups in total. The van der Waals surface area contributed by atoms with Gasteiger partial charge in [0.25, 0.3) is 0 Å². The van der Waals surface area contributed by atoms with Crippen LogP contribution in [-0.4, -0.2) is 31.9 Å². The Kier molecular flexibility index (Phi) is 27.1. The molecule has 0 heterocycles. The number of hydrogen-bond donors (Lipinski definition) is 0. The van der Waals surface area contributed by atoms with Crippen LogP contribution in [0.5, 0.6) is 0 Å². The number of hydrogen-bond acceptors (Lipinski definition) is 0. The van der Waals surface area contributed by atoms with Crippen LogP contribution in [0.1, 0.15) is 150 Å². The van der Waals surface area contributed by atoms with E-state index in [0.29, 0.717) is 0 Å². The molecule has 0 aromatic rings. The molecular formula is C27H58BF4P. The Labute approximate surface area is 206 Å². The normalized spacial score (nSPS) is 12.0. The minimum Gasteiger partial charge on any atom is -0.418 e. The van der Waals surface area contributed by atoms with E-state index in [1.54, 1.807) is 24.6 Å². The standard InChI is InChI=1S/C27H58P.BF4/c1-5-9-10-11-12-13-14-15-16-17-18-19-20-21-22-23-27-28(24-6-2,25-7-3)26-8-4;2-1(3,4)5/h5-27H2,1-4H3;/q+1;-1. The van der Waals surface area contributed by atoms with E-state index in [2.05, 4.69) is 27.7 Å². The van der Waals surface area contributed by atoms with E-state index in [1.165, 1.54) is 122 Å². The maximum absolute atomic E-state index is 9.75. The molecule has 0 nitrogen and oxygen atoms in total. The molecule has 0 amide bonds. The fourth-order valence-corrected chi connectivity index (χ4v) is 10.2. The van der Waals surface area contributed by atoms with Gasteiger partial charge in [0, 0.05) is 7.26 Å². The molecule has 0 aliphatic heterocycles. The second-order valence-corrected chi connectivity index (χ2v) is 14.5. The van der Waals surface area contributed by atoms with Crippen molar-refractivity contribution in [2.75, 3.05) is 24.6 Å². The highest BCUT2D eigenvalue weighted by molar-refractivity contribution is 7.75. The molecule has 0 bridgehead atoms. The van der Waals surface area contributed by atoms with Gasteiger partial charge in [-0.15, -0.1) is 0 Å². The molecule has 0 spiro atoms. The highest BCUT2D eigenvalue weighted by atomic mass is 31.2. The highest BCUT2D eigenvalue weighted by Gasteiger charge is 2.33. The first-order valence-electron chi connectivity index (χ1n) is 14.5. The molecule has 33 heavy (non-hydrogen) atoms. The number of rotatable bonds is 23. The van der Waals surface area contributed by atoms with E-state index in [0.717, 1.165) is 0 Å². The molecule has 0 fully saturated rings. The first-order chi connectivity index (χ1) is 15.7. The summed E-state index contributed by atoms with van der Waals surface area (Å²) in [7, 11) is -6.58. The van der Waals surface area contributed by atoms with Gasteiger partial charge in [-0.2, -0.15) is 0 Å². The quantitative estimate of drug-likeness (QED) is 0.0566. The monoisotopic (exact) mass is 500 g/mol. The Morgan fingerprint density at radius 3 is 0.848 bits per heavy atom. The summed E-state index contributed by atoms with van der Waals surface area (Å²) in [6, 6.07) is 0. The van der Waals surface area contributed by atoms with Gasteiger partial charge in [0.05, 0.1) is 24.6 Å². The topological polar surface area (TPSA) is 0 Å². The van der Waals surface area contributed by atoms with Gasteiger partial charge in [-0.05, 0) is 32.1 Å². The summed E-state index contributed by atoms with van der Waals surface area (Å²) < 4.78 is 39.0. The summed E-state index contributed by atoms with van der Waals surface area (Å²) in [5, 5.41) is 0. The predicted octanol–water partition coefficient (Wildman–Crippen LogP) is 11.8. The van der Waals surface area contributed by atoms with Crippen molar-refractivity contribution in [3.63, 3.8) is 0 Å². The van der Waals surface area contributed by atoms with Gasteiger partial charge in [0.1, 0.15) is 0 Å². The van der Waals surface area contributed by atoms with Gasteiger partial charge in [-0.1, -0.05) is 118 Å². The van der Waals surface area contributed by atoms with Crippen molar-refractivity contribution in [2.45, 2.75) is 150 Å². The molecule has 0 unspecified atom stereocenters. The predicted molar refractivity (Wildman–Crippen MR) is 147 cm³/mol. The van der Waals surface area contributed by atoms with Crippen LogP contribution in [0, 0.1) is 0 Å². The second-order valence-electron chi connectivity index (χ2n) is 10.0. The third-order valence-corrected chi connectivity index (χ3v) is 12.0. The first kappa shape index (κ1) is 35.4. The van der Waals surface area contributed by atoms with E-state index in [9.17, 15) is 17.3 Å². The van der Waals surface area contributed by atoms with Gasteiger partial charge in [-0.25, -0.2) is 0 Å². The van der Waals surface area contributed by atoms with Crippen molar-refractivity contribution in [2.24, 2.45) is 0 Å². The minimum absolute atomic E-state index is 0.584. The molecule has 0 rings (SSSR count). The van der Waals surface area contributed by atoms with Gasteiger partial charge in [0.15, 0.2) is 0 Å². The van der Waals surface area contributed by atoms with Crippen LogP contribution in [-0.2, 0) is 0 Å². The molecule has 0 atom stereocenters. The fraction of sp³-hybridized carbons (Fsp3) is 1.00. The van der Waals surface area contributed by atoms with Crippen molar-refractivity contribution in [1.82, 2.24) is 0 Å². The molecule has 0 radical (unpaired) electrons. The summed E-state index contributed by atoms with van der Waals surface area (Å²) in [4.78, 5) is 0. The van der Waals surface area contributed by atoms with Gasteiger partial charge >= 0.3 is 7.25 Å². The molecule has 0 aromatic carbocycles. The average molecular weight is 501 g/mol. The van der Waals surface area contributed by atoms with Crippen LogP contribution in [0.4, 0.5) is 17.3 Å².